The van der Waals surface area contributed by atoms with E-state index < -0.39 is 0 Å². The molecule has 0 atom stereocenters. The van der Waals surface area contributed by atoms with Crippen molar-refractivity contribution < 1.29 is 29.2 Å². The third-order valence-corrected chi connectivity index (χ3v) is 2.25. The van der Waals surface area contributed by atoms with Gasteiger partial charge in [0.05, 0.1) is 39.6 Å². The van der Waals surface area contributed by atoms with Crippen molar-refractivity contribution in [2.45, 2.75) is 39.5 Å². The van der Waals surface area contributed by atoms with E-state index in [0.717, 1.165) is 13.2 Å². The molecule has 0 aliphatic rings. The summed E-state index contributed by atoms with van der Waals surface area (Å²) in [6.07, 6.45) is 4.91. The van der Waals surface area contributed by atoms with Crippen molar-refractivity contribution in [3.8, 4) is 0 Å². The minimum atomic E-state index is 0.0278. The van der Waals surface area contributed by atoms with E-state index in [1.807, 2.05) is 0 Å². The number of hydrogen-bond acceptors (Lipinski definition) is 6. The Balaban J connectivity index is -0.000000252. The number of unbranched alkanes of at least 4 members (excludes halogenated alkanes) is 2. The molecule has 0 unspecified atom stereocenters. The van der Waals surface area contributed by atoms with Crippen LogP contribution in [0.2, 0.25) is 0 Å². The number of hydrogen-bond donors (Lipinski definition) is 2. The van der Waals surface area contributed by atoms with Crippen LogP contribution in [0.4, 0.5) is 0 Å². The highest BCUT2D eigenvalue weighted by Crippen LogP contribution is 1.91. The molecule has 0 saturated heterocycles. The fraction of sp³-hybridized carbons (Fsp3) is 1.00. The summed E-state index contributed by atoms with van der Waals surface area (Å²) >= 11 is 0. The SMILES string of the molecule is CCCCOCCCC.COCCOC.OCCOCCO. The molecule has 0 aromatic heterocycles. The number of aliphatic hydroxyl groups is 2. The summed E-state index contributed by atoms with van der Waals surface area (Å²) in [4.78, 5) is 0. The Morgan fingerprint density at radius 2 is 0.955 bits per heavy atom. The van der Waals surface area contributed by atoms with Crippen molar-refractivity contribution in [2.24, 2.45) is 0 Å². The molecule has 6 heteroatoms. The van der Waals surface area contributed by atoms with Crippen LogP contribution in [-0.4, -0.2) is 77.3 Å². The van der Waals surface area contributed by atoms with E-state index in [-0.39, 0.29) is 13.2 Å². The maximum absolute atomic E-state index is 8.09. The van der Waals surface area contributed by atoms with Crippen molar-refractivity contribution in [2.75, 3.05) is 67.1 Å². The van der Waals surface area contributed by atoms with Crippen molar-refractivity contribution in [3.63, 3.8) is 0 Å². The molecular formula is C16H38O6. The van der Waals surface area contributed by atoms with Crippen LogP contribution in [0.15, 0.2) is 0 Å². The molecule has 6 nitrogen and oxygen atoms in total. The molecule has 22 heavy (non-hydrogen) atoms. The summed E-state index contributed by atoms with van der Waals surface area (Å²) in [7, 11) is 3.30. The summed E-state index contributed by atoms with van der Waals surface area (Å²) in [6.45, 7) is 8.35. The lowest BCUT2D eigenvalue weighted by atomic mass is 10.3. The van der Waals surface area contributed by atoms with Crippen LogP contribution < -0.4 is 0 Å². The van der Waals surface area contributed by atoms with Crippen LogP contribution in [0.25, 0.3) is 0 Å². The van der Waals surface area contributed by atoms with Gasteiger partial charge in [-0.1, -0.05) is 26.7 Å². The van der Waals surface area contributed by atoms with Crippen LogP contribution in [-0.2, 0) is 18.9 Å². The average Bonchev–Trinajstić information content (AvgIpc) is 2.54. The lowest BCUT2D eigenvalue weighted by molar-refractivity contribution is 0.0650. The predicted molar refractivity (Wildman–Crippen MR) is 89.4 cm³/mol. The topological polar surface area (TPSA) is 77.4 Å². The van der Waals surface area contributed by atoms with E-state index >= 15 is 0 Å². The van der Waals surface area contributed by atoms with E-state index in [1.165, 1.54) is 25.7 Å². The van der Waals surface area contributed by atoms with Gasteiger partial charge in [0.2, 0.25) is 0 Å². The second-order valence-electron chi connectivity index (χ2n) is 4.36. The van der Waals surface area contributed by atoms with Crippen LogP contribution >= 0.6 is 0 Å². The quantitative estimate of drug-likeness (QED) is 0.503. The van der Waals surface area contributed by atoms with Gasteiger partial charge in [-0.05, 0) is 12.8 Å². The summed E-state index contributed by atoms with van der Waals surface area (Å²) in [6, 6.07) is 0. The maximum Gasteiger partial charge on any atom is 0.0698 e. The zero-order valence-electron chi connectivity index (χ0n) is 15.0. The normalized spacial score (nSPS) is 9.55. The summed E-state index contributed by atoms with van der Waals surface area (Å²) in [5, 5.41) is 16.2. The monoisotopic (exact) mass is 326 g/mol. The molecule has 0 heterocycles. The van der Waals surface area contributed by atoms with Gasteiger partial charge in [-0.15, -0.1) is 0 Å². The third-order valence-electron chi connectivity index (χ3n) is 2.25. The van der Waals surface area contributed by atoms with E-state index in [1.54, 1.807) is 14.2 Å². The van der Waals surface area contributed by atoms with Crippen LogP contribution in [0.1, 0.15) is 39.5 Å². The molecule has 0 aliphatic heterocycles. The van der Waals surface area contributed by atoms with Crippen molar-refractivity contribution in [1.82, 2.24) is 0 Å². The molecule has 0 rings (SSSR count). The largest absolute Gasteiger partial charge is 0.394 e. The Bertz CT molecular complexity index is 133. The van der Waals surface area contributed by atoms with Gasteiger partial charge in [0.15, 0.2) is 0 Å². The molecule has 2 N–H and O–H groups in total. The Hall–Kier alpha value is -0.240. The first-order valence-corrected chi connectivity index (χ1v) is 8.10. The van der Waals surface area contributed by atoms with Gasteiger partial charge < -0.3 is 29.2 Å². The molecule has 138 valence electrons. The molecule has 0 aromatic carbocycles. The summed E-state index contributed by atoms with van der Waals surface area (Å²) < 4.78 is 19.3. The predicted octanol–water partition coefficient (Wildman–Crippen LogP) is 1.87. The van der Waals surface area contributed by atoms with E-state index in [0.29, 0.717) is 26.4 Å². The molecule has 0 amide bonds. The Kier molecular flexibility index (Phi) is 39.5. The number of rotatable bonds is 13. The zero-order chi connectivity index (χ0) is 17.3. The standard InChI is InChI=1S/C8H18O.C4H10O3.C4H10O2/c1-3-5-7-9-8-6-4-2;5-1-3-7-4-2-6;1-5-3-4-6-2/h3-8H2,1-2H3;5-6H,1-4H2;3-4H2,1-2H3. The fourth-order valence-electron chi connectivity index (χ4n) is 0.993. The molecule has 0 fully saturated rings. The Morgan fingerprint density at radius 1 is 0.591 bits per heavy atom. The first kappa shape index (κ1) is 26.6. The summed E-state index contributed by atoms with van der Waals surface area (Å²) in [5.41, 5.74) is 0. The second kappa shape index (κ2) is 32.6. The number of methoxy groups -OCH3 is 2. The molecule has 0 bridgehead atoms. The molecule has 0 aromatic rings. The molecule has 0 saturated carbocycles. The molecule has 0 radical (unpaired) electrons. The van der Waals surface area contributed by atoms with Gasteiger partial charge in [-0.2, -0.15) is 0 Å². The first-order valence-electron chi connectivity index (χ1n) is 8.10. The average molecular weight is 326 g/mol. The van der Waals surface area contributed by atoms with Crippen molar-refractivity contribution in [1.29, 1.82) is 0 Å². The second-order valence-corrected chi connectivity index (χ2v) is 4.36. The molecule has 0 aliphatic carbocycles. The lowest BCUT2D eigenvalue weighted by Crippen LogP contribution is -2.03. The van der Waals surface area contributed by atoms with Crippen LogP contribution in [0, 0.1) is 0 Å². The molecule has 0 spiro atoms. The van der Waals surface area contributed by atoms with Gasteiger partial charge >= 0.3 is 0 Å². The van der Waals surface area contributed by atoms with E-state index in [9.17, 15) is 0 Å². The van der Waals surface area contributed by atoms with Gasteiger partial charge in [-0.25, -0.2) is 0 Å². The van der Waals surface area contributed by atoms with E-state index in [2.05, 4.69) is 28.1 Å². The fourth-order valence-corrected chi connectivity index (χ4v) is 0.993. The highest BCUT2D eigenvalue weighted by atomic mass is 16.5. The van der Waals surface area contributed by atoms with Gasteiger partial charge in [-0.3, -0.25) is 0 Å². The van der Waals surface area contributed by atoms with Gasteiger partial charge in [0, 0.05) is 27.4 Å². The van der Waals surface area contributed by atoms with Crippen molar-refractivity contribution >= 4 is 0 Å². The van der Waals surface area contributed by atoms with E-state index in [4.69, 9.17) is 14.9 Å². The van der Waals surface area contributed by atoms with Crippen LogP contribution in [0.5, 0.6) is 0 Å². The highest BCUT2D eigenvalue weighted by Gasteiger charge is 1.84. The maximum atomic E-state index is 8.09. The Labute approximate surface area is 136 Å². The lowest BCUT2D eigenvalue weighted by Gasteiger charge is -1.99. The van der Waals surface area contributed by atoms with Gasteiger partial charge in [0.1, 0.15) is 0 Å². The Morgan fingerprint density at radius 3 is 1.23 bits per heavy atom. The smallest absolute Gasteiger partial charge is 0.0698 e. The number of aliphatic hydroxyl groups excluding tert-OH is 2. The minimum Gasteiger partial charge on any atom is -0.394 e. The third kappa shape index (κ3) is 42.7. The minimum absolute atomic E-state index is 0.0278. The zero-order valence-corrected chi connectivity index (χ0v) is 15.0. The summed E-state index contributed by atoms with van der Waals surface area (Å²) in [5.74, 6) is 0. The highest BCUT2D eigenvalue weighted by molar-refractivity contribution is 4.33. The number of ether oxygens (including phenoxy) is 4. The first-order chi connectivity index (χ1) is 10.7. The van der Waals surface area contributed by atoms with Crippen molar-refractivity contribution in [3.05, 3.63) is 0 Å². The molecular weight excluding hydrogens is 288 g/mol. The van der Waals surface area contributed by atoms with Crippen LogP contribution in [0.3, 0.4) is 0 Å². The van der Waals surface area contributed by atoms with Gasteiger partial charge in [0.25, 0.3) is 0 Å².